The summed E-state index contributed by atoms with van der Waals surface area (Å²) in [7, 11) is 0. The van der Waals surface area contributed by atoms with Crippen molar-refractivity contribution >= 4 is 0 Å². The predicted molar refractivity (Wildman–Crippen MR) is 61.3 cm³/mol. The number of aromatic nitrogens is 3. The molecule has 0 N–H and O–H groups in total. The second-order valence-corrected chi connectivity index (χ2v) is 4.32. The van der Waals surface area contributed by atoms with Crippen LogP contribution in [0.1, 0.15) is 25.1 Å². The fourth-order valence-electron chi connectivity index (χ4n) is 2.23. The van der Waals surface area contributed by atoms with Crippen LogP contribution in [-0.4, -0.2) is 9.78 Å². The molecule has 1 aromatic heterocycles. The Hall–Kier alpha value is -1.64. The van der Waals surface area contributed by atoms with Gasteiger partial charge >= 0.3 is 0 Å². The van der Waals surface area contributed by atoms with E-state index in [1.165, 1.54) is 25.1 Å². The molecule has 2 heterocycles. The molecule has 0 amide bonds. The summed E-state index contributed by atoms with van der Waals surface area (Å²) in [5.74, 6) is 1.22. The molecule has 0 atom stereocenters. The van der Waals surface area contributed by atoms with Gasteiger partial charge in [-0.15, -0.1) is 0 Å². The van der Waals surface area contributed by atoms with Gasteiger partial charge in [0.25, 0.3) is 5.82 Å². The van der Waals surface area contributed by atoms with Crippen molar-refractivity contribution in [2.75, 3.05) is 0 Å². The van der Waals surface area contributed by atoms with Crippen molar-refractivity contribution in [3.63, 3.8) is 0 Å². The van der Waals surface area contributed by atoms with Crippen molar-refractivity contribution in [2.45, 2.75) is 32.2 Å². The van der Waals surface area contributed by atoms with Gasteiger partial charge in [-0.1, -0.05) is 22.9 Å². The molecule has 0 fully saturated rings. The van der Waals surface area contributed by atoms with Gasteiger partial charge in [-0.25, -0.2) is 4.57 Å². The van der Waals surface area contributed by atoms with E-state index in [0.717, 1.165) is 18.7 Å². The first-order valence-corrected chi connectivity index (χ1v) is 5.97. The highest BCUT2D eigenvalue weighted by atomic mass is 15.4. The summed E-state index contributed by atoms with van der Waals surface area (Å²) in [6.45, 7) is 1.11. The highest BCUT2D eigenvalue weighted by Crippen LogP contribution is 2.09. The summed E-state index contributed by atoms with van der Waals surface area (Å²) in [5.41, 5.74) is 1.14. The van der Waals surface area contributed by atoms with E-state index < -0.39 is 0 Å². The van der Waals surface area contributed by atoms with Crippen molar-refractivity contribution in [1.82, 2.24) is 9.78 Å². The Balaban J connectivity index is 1.98. The molecule has 0 saturated carbocycles. The number of benzene rings is 1. The Morgan fingerprint density at radius 1 is 1.06 bits per heavy atom. The zero-order valence-corrected chi connectivity index (χ0v) is 9.34. The third-order valence-corrected chi connectivity index (χ3v) is 3.12. The molecule has 82 valence electrons. The Morgan fingerprint density at radius 2 is 1.94 bits per heavy atom. The molecular formula is C13H16N3+. The third kappa shape index (κ3) is 1.73. The Labute approximate surface area is 95.3 Å². The first-order chi connectivity index (χ1) is 7.93. The van der Waals surface area contributed by atoms with Gasteiger partial charge in [0.05, 0.1) is 6.54 Å². The maximum Gasteiger partial charge on any atom is 0.277 e. The van der Waals surface area contributed by atoms with Crippen molar-refractivity contribution < 1.29 is 4.57 Å². The van der Waals surface area contributed by atoms with E-state index in [0.29, 0.717) is 0 Å². The number of fused-ring (bicyclic) bond motifs is 1. The summed E-state index contributed by atoms with van der Waals surface area (Å²) in [5, 5.41) is 4.66. The molecule has 0 aliphatic carbocycles. The van der Waals surface area contributed by atoms with Gasteiger partial charge in [-0.3, -0.25) is 0 Å². The first kappa shape index (κ1) is 9.58. The van der Waals surface area contributed by atoms with Crippen LogP contribution in [0.15, 0.2) is 36.7 Å². The number of hydrogen-bond donors (Lipinski definition) is 0. The van der Waals surface area contributed by atoms with Crippen LogP contribution in [-0.2, 0) is 13.0 Å². The molecule has 2 aromatic rings. The Bertz CT molecular complexity index is 450. The maximum absolute atomic E-state index is 4.66. The second-order valence-electron chi connectivity index (χ2n) is 4.32. The third-order valence-electron chi connectivity index (χ3n) is 3.12. The summed E-state index contributed by atoms with van der Waals surface area (Å²) in [6, 6.07) is 10.3. The van der Waals surface area contributed by atoms with E-state index >= 15 is 0 Å². The lowest BCUT2D eigenvalue weighted by atomic mass is 10.2. The lowest BCUT2D eigenvalue weighted by Crippen LogP contribution is -2.34. The summed E-state index contributed by atoms with van der Waals surface area (Å²) >= 11 is 0. The van der Waals surface area contributed by atoms with Gasteiger partial charge in [0, 0.05) is 11.5 Å². The van der Waals surface area contributed by atoms with Gasteiger partial charge in [-0.2, -0.15) is 0 Å². The van der Waals surface area contributed by atoms with Crippen molar-refractivity contribution in [3.05, 3.63) is 42.5 Å². The van der Waals surface area contributed by atoms with E-state index in [2.05, 4.69) is 28.1 Å². The van der Waals surface area contributed by atoms with Crippen LogP contribution < -0.4 is 4.57 Å². The van der Waals surface area contributed by atoms with Gasteiger partial charge in [0.15, 0.2) is 0 Å². The fourth-order valence-corrected chi connectivity index (χ4v) is 2.23. The van der Waals surface area contributed by atoms with Crippen molar-refractivity contribution in [2.24, 2.45) is 0 Å². The van der Waals surface area contributed by atoms with Crippen LogP contribution in [0.3, 0.4) is 0 Å². The van der Waals surface area contributed by atoms with Gasteiger partial charge in [0.1, 0.15) is 5.69 Å². The molecule has 3 rings (SSSR count). The topological polar surface area (TPSA) is 21.7 Å². The van der Waals surface area contributed by atoms with Crippen LogP contribution in [0.4, 0.5) is 0 Å². The van der Waals surface area contributed by atoms with E-state index in [1.54, 1.807) is 0 Å². The van der Waals surface area contributed by atoms with Crippen molar-refractivity contribution in [1.29, 1.82) is 0 Å². The molecule has 16 heavy (non-hydrogen) atoms. The van der Waals surface area contributed by atoms with Crippen LogP contribution in [0.25, 0.3) is 5.69 Å². The smallest absolute Gasteiger partial charge is 0.234 e. The molecule has 3 heteroatoms. The number of nitrogens with zero attached hydrogens (tertiary/aromatic N) is 3. The predicted octanol–water partition coefficient (Wildman–Crippen LogP) is 1.89. The molecular weight excluding hydrogens is 198 g/mol. The largest absolute Gasteiger partial charge is 0.277 e. The zero-order chi connectivity index (χ0) is 10.8. The normalized spacial score (nSPS) is 15.5. The highest BCUT2D eigenvalue weighted by molar-refractivity contribution is 5.28. The monoisotopic (exact) mass is 214 g/mol. The number of hydrogen-bond acceptors (Lipinski definition) is 1. The molecule has 1 aliphatic heterocycles. The fraction of sp³-hybridized carbons (Fsp3) is 0.385. The van der Waals surface area contributed by atoms with Crippen LogP contribution in [0, 0.1) is 0 Å². The molecule has 1 aliphatic rings. The van der Waals surface area contributed by atoms with Gasteiger partial charge in [-0.05, 0) is 31.4 Å². The molecule has 0 saturated heterocycles. The lowest BCUT2D eigenvalue weighted by Gasteiger charge is -1.92. The van der Waals surface area contributed by atoms with E-state index in [1.807, 2.05) is 22.9 Å². The average Bonchev–Trinajstić information content (AvgIpc) is 2.62. The minimum absolute atomic E-state index is 1.11. The number of rotatable bonds is 1. The zero-order valence-electron chi connectivity index (χ0n) is 9.34. The lowest BCUT2D eigenvalue weighted by molar-refractivity contribution is -0.703. The molecule has 0 unspecified atom stereocenters. The van der Waals surface area contributed by atoms with E-state index in [4.69, 9.17) is 0 Å². The van der Waals surface area contributed by atoms with E-state index in [-0.39, 0.29) is 0 Å². The van der Waals surface area contributed by atoms with Gasteiger partial charge < -0.3 is 0 Å². The molecule has 1 aromatic carbocycles. The number of para-hydroxylation sites is 1. The Morgan fingerprint density at radius 3 is 2.81 bits per heavy atom. The summed E-state index contributed by atoms with van der Waals surface area (Å²) in [4.78, 5) is 0. The van der Waals surface area contributed by atoms with Crippen LogP contribution in [0.2, 0.25) is 0 Å². The highest BCUT2D eigenvalue weighted by Gasteiger charge is 2.19. The summed E-state index contributed by atoms with van der Waals surface area (Å²) < 4.78 is 4.28. The average molecular weight is 214 g/mol. The molecule has 0 bridgehead atoms. The van der Waals surface area contributed by atoms with Crippen molar-refractivity contribution in [3.8, 4) is 5.69 Å². The minimum atomic E-state index is 1.11. The van der Waals surface area contributed by atoms with Gasteiger partial charge in [0.2, 0.25) is 6.33 Å². The van der Waals surface area contributed by atoms with Crippen LogP contribution in [0.5, 0.6) is 0 Å². The summed E-state index contributed by atoms with van der Waals surface area (Å²) in [6.07, 6.45) is 7.11. The first-order valence-electron chi connectivity index (χ1n) is 5.97. The van der Waals surface area contributed by atoms with Crippen LogP contribution >= 0.6 is 0 Å². The minimum Gasteiger partial charge on any atom is -0.234 e. The Kier molecular flexibility index (Phi) is 2.44. The van der Waals surface area contributed by atoms with E-state index in [9.17, 15) is 0 Å². The molecule has 0 spiro atoms. The second kappa shape index (κ2) is 4.08. The standard InChI is InChI=1S/C13H16N3/c1-3-7-12(8-4-1)16-11-15-10-6-2-5-9-13(15)14-16/h1,3-4,7-8,11H,2,5-6,9-10H2/q+1. The number of aryl methyl sites for hydroxylation is 2. The molecule has 0 radical (unpaired) electrons. The maximum atomic E-state index is 4.66. The molecule has 3 nitrogen and oxygen atoms in total. The SMILES string of the molecule is c1ccc(-n2c[n+]3c(n2)CCCCC3)cc1. The quantitative estimate of drug-likeness (QED) is 0.664.